The monoisotopic (exact) mass is 418 g/mol. The number of benzene rings is 2. The molecule has 0 aliphatic carbocycles. The number of H-pyrrole nitrogens is 1. The molecule has 1 N–H and O–H groups in total. The van der Waals surface area contributed by atoms with Crippen molar-refractivity contribution >= 4 is 0 Å². The first-order valence-electron chi connectivity index (χ1n) is 10.7. The molecule has 3 aromatic rings. The third-order valence-electron chi connectivity index (χ3n) is 6.10. The van der Waals surface area contributed by atoms with Gasteiger partial charge in [0.15, 0.2) is 0 Å². The normalized spacial score (nSPS) is 21.0. The number of nitrogens with one attached hydrogen (secondary N) is 1. The van der Waals surface area contributed by atoms with E-state index in [4.69, 9.17) is 4.74 Å². The third kappa shape index (κ3) is 4.52. The SMILES string of the molecule is C=CCN1C[C@H](C)N([C@H](c2ccc(-c3nn[nH]n3)cc2)c2cccc(OC)c2)C[C@H]1C. The minimum Gasteiger partial charge on any atom is -0.497 e. The van der Waals surface area contributed by atoms with Crippen LogP contribution >= 0.6 is 0 Å². The third-order valence-corrected chi connectivity index (χ3v) is 6.10. The van der Waals surface area contributed by atoms with E-state index in [0.717, 1.165) is 30.9 Å². The lowest BCUT2D eigenvalue weighted by Crippen LogP contribution is -2.57. The van der Waals surface area contributed by atoms with Gasteiger partial charge in [0.05, 0.1) is 13.2 Å². The van der Waals surface area contributed by atoms with Gasteiger partial charge in [0.2, 0.25) is 5.82 Å². The Kier molecular flexibility index (Phi) is 6.44. The van der Waals surface area contributed by atoms with Gasteiger partial charge in [0, 0.05) is 37.3 Å². The fourth-order valence-corrected chi connectivity index (χ4v) is 4.49. The Morgan fingerprint density at radius 1 is 1.13 bits per heavy atom. The van der Waals surface area contributed by atoms with Crippen molar-refractivity contribution in [1.29, 1.82) is 0 Å². The van der Waals surface area contributed by atoms with Crippen molar-refractivity contribution in [1.82, 2.24) is 30.4 Å². The van der Waals surface area contributed by atoms with Gasteiger partial charge in [-0.15, -0.1) is 16.8 Å². The Morgan fingerprint density at radius 3 is 2.61 bits per heavy atom. The summed E-state index contributed by atoms with van der Waals surface area (Å²) in [6.07, 6.45) is 2.00. The Morgan fingerprint density at radius 2 is 1.94 bits per heavy atom. The Hall–Kier alpha value is -3.03. The number of tetrazole rings is 1. The minimum absolute atomic E-state index is 0.123. The zero-order valence-electron chi connectivity index (χ0n) is 18.4. The highest BCUT2D eigenvalue weighted by Gasteiger charge is 2.34. The van der Waals surface area contributed by atoms with Gasteiger partial charge in [0.25, 0.3) is 0 Å². The summed E-state index contributed by atoms with van der Waals surface area (Å²) < 4.78 is 5.53. The van der Waals surface area contributed by atoms with Crippen LogP contribution < -0.4 is 4.74 Å². The fraction of sp³-hybridized carbons (Fsp3) is 0.375. The first-order chi connectivity index (χ1) is 15.1. The van der Waals surface area contributed by atoms with Crippen molar-refractivity contribution in [3.63, 3.8) is 0 Å². The molecule has 2 heterocycles. The van der Waals surface area contributed by atoms with E-state index in [1.54, 1.807) is 7.11 Å². The van der Waals surface area contributed by atoms with Crippen molar-refractivity contribution in [3.05, 3.63) is 72.3 Å². The summed E-state index contributed by atoms with van der Waals surface area (Å²) in [6, 6.07) is 17.8. The lowest BCUT2D eigenvalue weighted by molar-refractivity contribution is 0.0306. The molecular weight excluding hydrogens is 388 g/mol. The second-order valence-electron chi connectivity index (χ2n) is 8.17. The Bertz CT molecular complexity index is 988. The fourth-order valence-electron chi connectivity index (χ4n) is 4.49. The van der Waals surface area contributed by atoms with Crippen molar-refractivity contribution in [2.24, 2.45) is 0 Å². The maximum Gasteiger partial charge on any atom is 0.204 e. The number of methoxy groups -OCH3 is 1. The summed E-state index contributed by atoms with van der Waals surface area (Å²) in [7, 11) is 1.71. The van der Waals surface area contributed by atoms with Crippen LogP contribution in [-0.4, -0.2) is 69.3 Å². The van der Waals surface area contributed by atoms with Crippen LogP contribution in [0.2, 0.25) is 0 Å². The van der Waals surface area contributed by atoms with E-state index in [2.05, 4.69) is 93.3 Å². The highest BCUT2D eigenvalue weighted by atomic mass is 16.5. The summed E-state index contributed by atoms with van der Waals surface area (Å²) in [6.45, 7) is 11.4. The van der Waals surface area contributed by atoms with Gasteiger partial charge < -0.3 is 4.74 Å². The van der Waals surface area contributed by atoms with Crippen molar-refractivity contribution in [2.45, 2.75) is 32.0 Å². The van der Waals surface area contributed by atoms with E-state index in [1.165, 1.54) is 11.1 Å². The van der Waals surface area contributed by atoms with Crippen LogP contribution in [0.3, 0.4) is 0 Å². The molecule has 0 amide bonds. The first kappa shape index (κ1) is 21.2. The van der Waals surface area contributed by atoms with Gasteiger partial charge >= 0.3 is 0 Å². The first-order valence-corrected chi connectivity index (χ1v) is 10.7. The van der Waals surface area contributed by atoms with E-state index < -0.39 is 0 Å². The van der Waals surface area contributed by atoms with E-state index in [-0.39, 0.29) is 6.04 Å². The minimum atomic E-state index is 0.123. The summed E-state index contributed by atoms with van der Waals surface area (Å²) in [5, 5.41) is 14.4. The summed E-state index contributed by atoms with van der Waals surface area (Å²) in [5.74, 6) is 1.47. The van der Waals surface area contributed by atoms with E-state index in [1.807, 2.05) is 12.1 Å². The van der Waals surface area contributed by atoms with E-state index >= 15 is 0 Å². The van der Waals surface area contributed by atoms with Gasteiger partial charge in [-0.1, -0.05) is 42.5 Å². The van der Waals surface area contributed by atoms with Gasteiger partial charge in [-0.2, -0.15) is 5.21 Å². The lowest BCUT2D eigenvalue weighted by atomic mass is 9.92. The lowest BCUT2D eigenvalue weighted by Gasteiger charge is -2.47. The second-order valence-corrected chi connectivity index (χ2v) is 8.17. The molecule has 7 heteroatoms. The molecule has 162 valence electrons. The molecule has 31 heavy (non-hydrogen) atoms. The average molecular weight is 419 g/mol. The molecule has 0 bridgehead atoms. The second kappa shape index (κ2) is 9.41. The van der Waals surface area contributed by atoms with Gasteiger partial charge in [-0.05, 0) is 42.3 Å². The maximum atomic E-state index is 5.53. The predicted octanol–water partition coefficient (Wildman–Crippen LogP) is 3.55. The van der Waals surface area contributed by atoms with Crippen LogP contribution in [0.25, 0.3) is 11.4 Å². The number of rotatable bonds is 7. The topological polar surface area (TPSA) is 70.2 Å². The molecule has 2 aromatic carbocycles. The number of ether oxygens (including phenoxy) is 1. The van der Waals surface area contributed by atoms with Gasteiger partial charge in [-0.25, -0.2) is 0 Å². The average Bonchev–Trinajstić information content (AvgIpc) is 3.33. The molecule has 1 aliphatic rings. The molecule has 0 unspecified atom stereocenters. The number of piperazine rings is 1. The van der Waals surface area contributed by atoms with E-state index in [9.17, 15) is 0 Å². The number of nitrogens with zero attached hydrogens (tertiary/aromatic N) is 5. The highest BCUT2D eigenvalue weighted by Crippen LogP contribution is 2.35. The molecule has 3 atom stereocenters. The molecule has 0 spiro atoms. The van der Waals surface area contributed by atoms with Gasteiger partial charge in [0.1, 0.15) is 5.75 Å². The smallest absolute Gasteiger partial charge is 0.204 e. The maximum absolute atomic E-state index is 5.53. The van der Waals surface area contributed by atoms with Crippen LogP contribution in [0, 0.1) is 0 Å². The Balaban J connectivity index is 1.70. The number of aromatic amines is 1. The highest BCUT2D eigenvalue weighted by molar-refractivity contribution is 5.55. The molecule has 7 nitrogen and oxygen atoms in total. The number of hydrogen-bond acceptors (Lipinski definition) is 6. The number of hydrogen-bond donors (Lipinski definition) is 1. The molecule has 1 fully saturated rings. The van der Waals surface area contributed by atoms with E-state index in [0.29, 0.717) is 17.9 Å². The van der Waals surface area contributed by atoms with Crippen LogP contribution in [0.4, 0.5) is 0 Å². The molecule has 1 aromatic heterocycles. The van der Waals surface area contributed by atoms with Crippen molar-refractivity contribution in [3.8, 4) is 17.1 Å². The number of aromatic nitrogens is 4. The van der Waals surface area contributed by atoms with Crippen LogP contribution in [-0.2, 0) is 0 Å². The predicted molar refractivity (Wildman–Crippen MR) is 122 cm³/mol. The summed E-state index contributed by atoms with van der Waals surface area (Å²) >= 11 is 0. The molecule has 0 saturated carbocycles. The van der Waals surface area contributed by atoms with Crippen molar-refractivity contribution in [2.75, 3.05) is 26.7 Å². The largest absolute Gasteiger partial charge is 0.497 e. The molecule has 0 radical (unpaired) electrons. The van der Waals surface area contributed by atoms with Crippen LogP contribution in [0.1, 0.15) is 31.0 Å². The zero-order chi connectivity index (χ0) is 21.8. The summed E-state index contributed by atoms with van der Waals surface area (Å²) in [5.41, 5.74) is 3.40. The van der Waals surface area contributed by atoms with Crippen LogP contribution in [0.15, 0.2) is 61.2 Å². The molecule has 1 aliphatic heterocycles. The standard InChI is InChI=1S/C24H30N6O/c1-5-13-29-15-18(3)30(16-17(29)2)23(21-7-6-8-22(14-21)31-4)19-9-11-20(12-10-19)24-25-27-28-26-24/h5-12,14,17-18,23H,1,13,15-16H2,2-4H3,(H,25,26,27,28)/t17-,18+,23-/m1/s1. The zero-order valence-corrected chi connectivity index (χ0v) is 18.4. The molecule has 1 saturated heterocycles. The Labute approximate surface area is 183 Å². The van der Waals surface area contributed by atoms with Crippen molar-refractivity contribution < 1.29 is 4.74 Å². The summed E-state index contributed by atoms with van der Waals surface area (Å²) in [4.78, 5) is 5.10. The van der Waals surface area contributed by atoms with Crippen LogP contribution in [0.5, 0.6) is 5.75 Å². The molecular formula is C24H30N6O. The van der Waals surface area contributed by atoms with Gasteiger partial charge in [-0.3, -0.25) is 9.80 Å². The molecule has 4 rings (SSSR count). The quantitative estimate of drug-likeness (QED) is 0.592.